The van der Waals surface area contributed by atoms with E-state index >= 15 is 0 Å². The molecule has 2 heterocycles. The van der Waals surface area contributed by atoms with Crippen molar-refractivity contribution in [2.75, 3.05) is 24.5 Å². The maximum atomic E-state index is 13.1. The highest BCUT2D eigenvalue weighted by atomic mass is 32.2. The molecule has 0 unspecified atom stereocenters. The number of nitrogens with one attached hydrogen (secondary N) is 1. The first-order valence-electron chi connectivity index (χ1n) is 12.1. The summed E-state index contributed by atoms with van der Waals surface area (Å²) in [6.45, 7) is 5.35. The van der Waals surface area contributed by atoms with Crippen molar-refractivity contribution < 1.29 is 18.0 Å². The predicted molar refractivity (Wildman–Crippen MR) is 132 cm³/mol. The molecule has 0 aliphatic carbocycles. The van der Waals surface area contributed by atoms with Gasteiger partial charge in [-0.15, -0.1) is 0 Å². The minimum atomic E-state index is -3.58. The number of sulfonamides is 1. The monoisotopic (exact) mass is 483 g/mol. The number of rotatable bonds is 7. The van der Waals surface area contributed by atoms with E-state index in [1.807, 2.05) is 31.2 Å². The number of hydrogen-bond acceptors (Lipinski definition) is 4. The van der Waals surface area contributed by atoms with Crippen molar-refractivity contribution in [1.82, 2.24) is 9.62 Å². The van der Waals surface area contributed by atoms with Gasteiger partial charge >= 0.3 is 0 Å². The van der Waals surface area contributed by atoms with Crippen LogP contribution in [-0.2, 0) is 32.5 Å². The number of hydrogen-bond donors (Lipinski definition) is 1. The number of fused-ring (bicyclic) bond motifs is 1. The van der Waals surface area contributed by atoms with Crippen LogP contribution in [0.2, 0.25) is 0 Å². The van der Waals surface area contributed by atoms with Gasteiger partial charge in [0.15, 0.2) is 0 Å². The van der Waals surface area contributed by atoms with Crippen LogP contribution in [0.3, 0.4) is 0 Å². The number of anilines is 1. The number of carbonyl (C=O) groups is 2. The van der Waals surface area contributed by atoms with Crippen LogP contribution in [0.1, 0.15) is 49.3 Å². The summed E-state index contributed by atoms with van der Waals surface area (Å²) in [7, 11) is -3.58. The number of piperidine rings is 1. The van der Waals surface area contributed by atoms with Crippen LogP contribution < -0.4 is 10.2 Å². The Hall–Kier alpha value is -2.71. The fourth-order valence-corrected chi connectivity index (χ4v) is 6.43. The third kappa shape index (κ3) is 4.88. The second-order valence-electron chi connectivity index (χ2n) is 9.06. The average molecular weight is 484 g/mol. The number of benzene rings is 2. The van der Waals surface area contributed by atoms with E-state index in [1.54, 1.807) is 25.1 Å². The summed E-state index contributed by atoms with van der Waals surface area (Å²) in [5, 5.41) is 2.98. The van der Waals surface area contributed by atoms with Gasteiger partial charge in [-0.1, -0.05) is 37.6 Å². The van der Waals surface area contributed by atoms with E-state index in [1.165, 1.54) is 20.3 Å². The molecule has 0 saturated carbocycles. The predicted octanol–water partition coefficient (Wildman–Crippen LogP) is 3.20. The van der Waals surface area contributed by atoms with Gasteiger partial charge in [-0.2, -0.15) is 4.31 Å². The van der Waals surface area contributed by atoms with Gasteiger partial charge in [0.2, 0.25) is 21.8 Å². The summed E-state index contributed by atoms with van der Waals surface area (Å²) in [5.74, 6) is -0.364. The first-order valence-corrected chi connectivity index (χ1v) is 13.5. The van der Waals surface area contributed by atoms with Crippen LogP contribution >= 0.6 is 0 Å². The van der Waals surface area contributed by atoms with Gasteiger partial charge in [0.1, 0.15) is 6.04 Å². The summed E-state index contributed by atoms with van der Waals surface area (Å²) < 4.78 is 27.8. The van der Waals surface area contributed by atoms with Gasteiger partial charge in [-0.3, -0.25) is 14.5 Å². The molecule has 34 heavy (non-hydrogen) atoms. The molecule has 2 amide bonds. The van der Waals surface area contributed by atoms with Crippen molar-refractivity contribution in [3.63, 3.8) is 0 Å². The van der Waals surface area contributed by atoms with Crippen molar-refractivity contribution in [2.24, 2.45) is 0 Å². The van der Waals surface area contributed by atoms with Gasteiger partial charge in [0.25, 0.3) is 0 Å². The van der Waals surface area contributed by atoms with Gasteiger partial charge in [-0.05, 0) is 61.1 Å². The fourth-order valence-electron chi connectivity index (χ4n) is 4.86. The fraction of sp³-hybridized carbons (Fsp3) is 0.462. The lowest BCUT2D eigenvalue weighted by Crippen LogP contribution is -2.48. The first kappa shape index (κ1) is 24.4. The van der Waals surface area contributed by atoms with Gasteiger partial charge in [-0.25, -0.2) is 8.42 Å². The van der Waals surface area contributed by atoms with E-state index in [4.69, 9.17) is 0 Å². The average Bonchev–Trinajstić information content (AvgIpc) is 3.24. The zero-order valence-electron chi connectivity index (χ0n) is 19.9. The lowest BCUT2D eigenvalue weighted by molar-refractivity contribution is -0.126. The normalized spacial score (nSPS) is 18.5. The third-order valence-corrected chi connectivity index (χ3v) is 8.71. The molecule has 0 radical (unpaired) electrons. The summed E-state index contributed by atoms with van der Waals surface area (Å²) in [6, 6.07) is 12.3. The third-order valence-electron chi connectivity index (χ3n) is 6.82. The SMILES string of the molecule is CCC(=O)N1c2ccc(S(=O)(=O)N3CCCCC3)cc2C[C@@H]1C(=O)NCCc1ccccc1C. The van der Waals surface area contributed by atoms with Crippen LogP contribution in [0.15, 0.2) is 47.4 Å². The molecule has 2 aromatic carbocycles. The van der Waals surface area contributed by atoms with E-state index in [9.17, 15) is 18.0 Å². The molecule has 1 saturated heterocycles. The molecule has 4 rings (SSSR count). The number of aryl methyl sites for hydroxylation is 1. The highest BCUT2D eigenvalue weighted by Crippen LogP contribution is 2.35. The molecule has 2 aliphatic rings. The largest absolute Gasteiger partial charge is 0.354 e. The van der Waals surface area contributed by atoms with Crippen LogP contribution in [0.4, 0.5) is 5.69 Å². The second-order valence-corrected chi connectivity index (χ2v) is 11.0. The van der Waals surface area contributed by atoms with Gasteiger partial charge in [0.05, 0.1) is 4.90 Å². The Morgan fingerprint density at radius 1 is 1.06 bits per heavy atom. The molecule has 182 valence electrons. The van der Waals surface area contributed by atoms with Crippen LogP contribution in [-0.4, -0.2) is 50.2 Å². The molecule has 2 aliphatic heterocycles. The van der Waals surface area contributed by atoms with Gasteiger partial charge in [0, 0.05) is 38.2 Å². The second kappa shape index (κ2) is 10.3. The molecule has 1 N–H and O–H groups in total. The van der Waals surface area contributed by atoms with Crippen molar-refractivity contribution >= 4 is 27.5 Å². The Morgan fingerprint density at radius 2 is 1.79 bits per heavy atom. The molecule has 8 heteroatoms. The Kier molecular flexibility index (Phi) is 7.38. The lowest BCUT2D eigenvalue weighted by Gasteiger charge is -2.26. The molecular weight excluding hydrogens is 450 g/mol. The number of nitrogens with zero attached hydrogens (tertiary/aromatic N) is 2. The van der Waals surface area contributed by atoms with E-state index in [0.717, 1.165) is 24.8 Å². The van der Waals surface area contributed by atoms with E-state index < -0.39 is 16.1 Å². The Morgan fingerprint density at radius 3 is 2.50 bits per heavy atom. The highest BCUT2D eigenvalue weighted by molar-refractivity contribution is 7.89. The molecule has 0 spiro atoms. The number of carbonyl (C=O) groups excluding carboxylic acids is 2. The Balaban J connectivity index is 1.52. The van der Waals surface area contributed by atoms with E-state index in [0.29, 0.717) is 38.2 Å². The zero-order chi connectivity index (χ0) is 24.3. The Labute approximate surface area is 202 Å². The maximum absolute atomic E-state index is 13.1. The topological polar surface area (TPSA) is 86.8 Å². The first-order chi connectivity index (χ1) is 16.3. The van der Waals surface area contributed by atoms with Crippen molar-refractivity contribution in [2.45, 2.75) is 63.3 Å². The summed E-state index contributed by atoms with van der Waals surface area (Å²) >= 11 is 0. The summed E-state index contributed by atoms with van der Waals surface area (Å²) in [4.78, 5) is 27.7. The van der Waals surface area contributed by atoms with Crippen LogP contribution in [0.25, 0.3) is 0 Å². The maximum Gasteiger partial charge on any atom is 0.243 e. The van der Waals surface area contributed by atoms with Crippen molar-refractivity contribution in [3.8, 4) is 0 Å². The van der Waals surface area contributed by atoms with Gasteiger partial charge < -0.3 is 5.32 Å². The molecule has 1 atom stereocenters. The number of amides is 2. The zero-order valence-corrected chi connectivity index (χ0v) is 20.7. The molecular formula is C26H33N3O4S. The van der Waals surface area contributed by atoms with Crippen molar-refractivity contribution in [3.05, 3.63) is 59.2 Å². The van der Waals surface area contributed by atoms with Crippen LogP contribution in [0, 0.1) is 6.92 Å². The van der Waals surface area contributed by atoms with E-state index in [-0.39, 0.29) is 23.1 Å². The molecule has 0 aromatic heterocycles. The Bertz CT molecular complexity index is 1170. The lowest BCUT2D eigenvalue weighted by atomic mass is 10.1. The molecule has 0 bridgehead atoms. The molecule has 7 nitrogen and oxygen atoms in total. The summed E-state index contributed by atoms with van der Waals surface area (Å²) in [5.41, 5.74) is 3.70. The van der Waals surface area contributed by atoms with Crippen molar-refractivity contribution in [1.29, 1.82) is 0 Å². The minimum absolute atomic E-state index is 0.149. The quantitative estimate of drug-likeness (QED) is 0.655. The summed E-state index contributed by atoms with van der Waals surface area (Å²) in [6.07, 6.45) is 4.06. The minimum Gasteiger partial charge on any atom is -0.354 e. The standard InChI is InChI=1S/C26H33N3O4S/c1-3-25(30)29-23-12-11-22(34(32,33)28-15-7-4-8-16-28)17-21(23)18-24(29)26(31)27-14-13-20-10-6-5-9-19(20)2/h5-6,9-12,17,24H,3-4,7-8,13-16,18H2,1-2H3,(H,27,31)/t24-/m1/s1. The smallest absolute Gasteiger partial charge is 0.243 e. The van der Waals surface area contributed by atoms with E-state index in [2.05, 4.69) is 5.32 Å². The highest BCUT2D eigenvalue weighted by Gasteiger charge is 2.38. The molecule has 2 aromatic rings. The van der Waals surface area contributed by atoms with Crippen LogP contribution in [0.5, 0.6) is 0 Å². The molecule has 1 fully saturated rings.